The van der Waals surface area contributed by atoms with Gasteiger partial charge in [0, 0.05) is 23.4 Å². The fourth-order valence-corrected chi connectivity index (χ4v) is 1.63. The molecule has 0 radical (unpaired) electrons. The fraction of sp³-hybridized carbons (Fsp3) is 0.417. The summed E-state index contributed by atoms with van der Waals surface area (Å²) in [4.78, 5) is 3.99. The van der Waals surface area contributed by atoms with Crippen LogP contribution in [0.2, 0.25) is 0 Å². The van der Waals surface area contributed by atoms with E-state index in [4.69, 9.17) is 5.73 Å². The second-order valence-corrected chi connectivity index (χ2v) is 3.76. The Hall–Kier alpha value is -1.39. The Balaban J connectivity index is 3.08. The summed E-state index contributed by atoms with van der Waals surface area (Å²) in [6.45, 7) is 5.17. The highest BCUT2D eigenvalue weighted by molar-refractivity contribution is 5.42. The molecule has 4 N–H and O–H groups in total. The molecule has 0 spiro atoms. The number of aryl methyl sites for hydroxylation is 1. The molecule has 0 aliphatic rings. The third kappa shape index (κ3) is 2.59. The van der Waals surface area contributed by atoms with E-state index >= 15 is 0 Å². The van der Waals surface area contributed by atoms with Crippen LogP contribution in [0.5, 0.6) is 5.75 Å². The zero-order chi connectivity index (χ0) is 12.1. The van der Waals surface area contributed by atoms with Crippen LogP contribution in [0.4, 0.5) is 0 Å². The standard InChI is InChI=1S/C12H18N2O2/c1-3-4-5-10(13)11-9(7-15)6-14-8(2)12(11)16/h3,6,10,15-16H,1,4-5,7,13H2,2H3/t10-/m1/s1. The van der Waals surface area contributed by atoms with Crippen LogP contribution in [0.15, 0.2) is 18.9 Å². The Morgan fingerprint density at radius 1 is 1.62 bits per heavy atom. The smallest absolute Gasteiger partial charge is 0.141 e. The van der Waals surface area contributed by atoms with Crippen LogP contribution < -0.4 is 5.73 Å². The first-order valence-corrected chi connectivity index (χ1v) is 5.26. The second kappa shape index (κ2) is 5.63. The Labute approximate surface area is 95.4 Å². The van der Waals surface area contributed by atoms with Crippen molar-refractivity contribution in [2.24, 2.45) is 5.73 Å². The Kier molecular flexibility index (Phi) is 4.46. The maximum absolute atomic E-state index is 9.90. The number of allylic oxidation sites excluding steroid dienone is 1. The van der Waals surface area contributed by atoms with Crippen molar-refractivity contribution in [3.05, 3.63) is 35.7 Å². The number of aliphatic hydroxyl groups excluding tert-OH is 1. The van der Waals surface area contributed by atoms with Gasteiger partial charge in [0.25, 0.3) is 0 Å². The van der Waals surface area contributed by atoms with E-state index in [1.54, 1.807) is 19.2 Å². The second-order valence-electron chi connectivity index (χ2n) is 3.76. The minimum absolute atomic E-state index is 0.0862. The number of aromatic hydroxyl groups is 1. The lowest BCUT2D eigenvalue weighted by molar-refractivity contribution is 0.277. The predicted molar refractivity (Wildman–Crippen MR) is 62.9 cm³/mol. The maximum Gasteiger partial charge on any atom is 0.141 e. The average molecular weight is 222 g/mol. The predicted octanol–water partition coefficient (Wildman–Crippen LogP) is 1.55. The summed E-state index contributed by atoms with van der Waals surface area (Å²) in [5, 5.41) is 19.1. The number of hydrogen-bond acceptors (Lipinski definition) is 4. The van der Waals surface area contributed by atoms with Gasteiger partial charge in [0.15, 0.2) is 0 Å². The van der Waals surface area contributed by atoms with Gasteiger partial charge in [-0.3, -0.25) is 4.98 Å². The maximum atomic E-state index is 9.90. The molecule has 0 aromatic carbocycles. The molecule has 0 bridgehead atoms. The normalized spacial score (nSPS) is 12.4. The summed E-state index contributed by atoms with van der Waals surface area (Å²) in [5.74, 6) is 0.0862. The molecule has 0 fully saturated rings. The first-order chi connectivity index (χ1) is 7.61. The topological polar surface area (TPSA) is 79.4 Å². The molecule has 0 aliphatic carbocycles. The van der Waals surface area contributed by atoms with Crippen LogP contribution in [0.1, 0.15) is 35.7 Å². The number of rotatable bonds is 5. The molecule has 1 rings (SSSR count). The van der Waals surface area contributed by atoms with Crippen LogP contribution in [-0.4, -0.2) is 15.2 Å². The van der Waals surface area contributed by atoms with Gasteiger partial charge in [0.1, 0.15) is 5.75 Å². The molecule has 1 heterocycles. The SMILES string of the molecule is C=CCC[C@@H](N)c1c(CO)cnc(C)c1O. The molecule has 4 heteroatoms. The van der Waals surface area contributed by atoms with E-state index in [1.165, 1.54) is 0 Å². The van der Waals surface area contributed by atoms with E-state index in [0.717, 1.165) is 6.42 Å². The van der Waals surface area contributed by atoms with Crippen LogP contribution in [0, 0.1) is 6.92 Å². The van der Waals surface area contributed by atoms with E-state index in [0.29, 0.717) is 23.2 Å². The number of aromatic nitrogens is 1. The van der Waals surface area contributed by atoms with Crippen LogP contribution >= 0.6 is 0 Å². The molecular weight excluding hydrogens is 204 g/mol. The molecule has 0 unspecified atom stereocenters. The molecular formula is C12H18N2O2. The minimum Gasteiger partial charge on any atom is -0.506 e. The minimum atomic E-state index is -0.304. The molecule has 1 aromatic heterocycles. The molecule has 1 aromatic rings. The monoisotopic (exact) mass is 222 g/mol. The van der Waals surface area contributed by atoms with Gasteiger partial charge >= 0.3 is 0 Å². The van der Waals surface area contributed by atoms with Crippen molar-refractivity contribution in [3.63, 3.8) is 0 Å². The van der Waals surface area contributed by atoms with Gasteiger partial charge in [0.2, 0.25) is 0 Å². The summed E-state index contributed by atoms with van der Waals surface area (Å²) in [6, 6.07) is -0.304. The van der Waals surface area contributed by atoms with E-state index in [-0.39, 0.29) is 18.4 Å². The van der Waals surface area contributed by atoms with Crippen molar-refractivity contribution >= 4 is 0 Å². The number of aliphatic hydroxyl groups is 1. The van der Waals surface area contributed by atoms with Gasteiger partial charge in [0.05, 0.1) is 12.3 Å². The van der Waals surface area contributed by atoms with Crippen molar-refractivity contribution in [1.29, 1.82) is 0 Å². The zero-order valence-electron chi connectivity index (χ0n) is 9.48. The molecule has 0 saturated heterocycles. The van der Waals surface area contributed by atoms with E-state index in [2.05, 4.69) is 11.6 Å². The largest absolute Gasteiger partial charge is 0.506 e. The number of nitrogens with zero attached hydrogens (tertiary/aromatic N) is 1. The molecule has 0 aliphatic heterocycles. The fourth-order valence-electron chi connectivity index (χ4n) is 1.63. The number of hydrogen-bond donors (Lipinski definition) is 3. The summed E-state index contributed by atoms with van der Waals surface area (Å²) < 4.78 is 0. The van der Waals surface area contributed by atoms with Gasteiger partial charge in [-0.15, -0.1) is 6.58 Å². The zero-order valence-corrected chi connectivity index (χ0v) is 9.48. The van der Waals surface area contributed by atoms with Gasteiger partial charge in [-0.1, -0.05) is 6.08 Å². The Morgan fingerprint density at radius 2 is 2.31 bits per heavy atom. The average Bonchev–Trinajstić information content (AvgIpc) is 2.29. The highest BCUT2D eigenvalue weighted by Gasteiger charge is 2.17. The first-order valence-electron chi connectivity index (χ1n) is 5.26. The molecule has 1 atom stereocenters. The van der Waals surface area contributed by atoms with Crippen LogP contribution in [0.25, 0.3) is 0 Å². The lowest BCUT2D eigenvalue weighted by Crippen LogP contribution is -2.14. The highest BCUT2D eigenvalue weighted by Crippen LogP contribution is 2.30. The summed E-state index contributed by atoms with van der Waals surface area (Å²) in [5.41, 5.74) is 7.69. The quantitative estimate of drug-likeness (QED) is 0.660. The van der Waals surface area contributed by atoms with E-state index < -0.39 is 0 Å². The van der Waals surface area contributed by atoms with Gasteiger partial charge in [-0.2, -0.15) is 0 Å². The lowest BCUT2D eigenvalue weighted by atomic mass is 9.97. The Morgan fingerprint density at radius 3 is 2.88 bits per heavy atom. The summed E-state index contributed by atoms with van der Waals surface area (Å²) >= 11 is 0. The molecule has 0 saturated carbocycles. The molecule has 88 valence electrons. The van der Waals surface area contributed by atoms with Crippen LogP contribution in [0.3, 0.4) is 0 Å². The number of pyridine rings is 1. The van der Waals surface area contributed by atoms with E-state index in [1.807, 2.05) is 0 Å². The number of nitrogens with two attached hydrogens (primary N) is 1. The highest BCUT2D eigenvalue weighted by atomic mass is 16.3. The summed E-state index contributed by atoms with van der Waals surface area (Å²) in [7, 11) is 0. The van der Waals surface area contributed by atoms with Crippen molar-refractivity contribution in [2.75, 3.05) is 0 Å². The summed E-state index contributed by atoms with van der Waals surface area (Å²) in [6.07, 6.45) is 4.79. The van der Waals surface area contributed by atoms with E-state index in [9.17, 15) is 10.2 Å². The Bertz CT molecular complexity index is 378. The third-order valence-corrected chi connectivity index (χ3v) is 2.58. The molecule has 4 nitrogen and oxygen atoms in total. The first kappa shape index (κ1) is 12.7. The van der Waals surface area contributed by atoms with Gasteiger partial charge in [-0.05, 0) is 19.8 Å². The molecule has 16 heavy (non-hydrogen) atoms. The lowest BCUT2D eigenvalue weighted by Gasteiger charge is -2.17. The van der Waals surface area contributed by atoms with Crippen LogP contribution in [-0.2, 0) is 6.61 Å². The third-order valence-electron chi connectivity index (χ3n) is 2.58. The van der Waals surface area contributed by atoms with Gasteiger partial charge in [-0.25, -0.2) is 0 Å². The van der Waals surface area contributed by atoms with Gasteiger partial charge < -0.3 is 15.9 Å². The van der Waals surface area contributed by atoms with Crippen molar-refractivity contribution in [2.45, 2.75) is 32.4 Å². The van der Waals surface area contributed by atoms with Crippen molar-refractivity contribution in [3.8, 4) is 5.75 Å². The van der Waals surface area contributed by atoms with Crippen molar-refractivity contribution in [1.82, 2.24) is 4.98 Å². The molecule has 0 amide bonds. The van der Waals surface area contributed by atoms with Crippen molar-refractivity contribution < 1.29 is 10.2 Å².